The number of aromatic nitrogens is 2. The lowest BCUT2D eigenvalue weighted by molar-refractivity contribution is 0.524. The molecule has 6 aliphatic rings. The summed E-state index contributed by atoms with van der Waals surface area (Å²) < 4.78 is 5.04. The summed E-state index contributed by atoms with van der Waals surface area (Å²) in [5.41, 5.74) is 26.7. The van der Waals surface area contributed by atoms with Crippen LogP contribution in [0, 0.1) is 5.92 Å². The summed E-state index contributed by atoms with van der Waals surface area (Å²) in [5.74, 6) is 0.920. The van der Waals surface area contributed by atoms with Gasteiger partial charge in [0.1, 0.15) is 0 Å². The number of hydrogen-bond acceptors (Lipinski definition) is 0. The first-order chi connectivity index (χ1) is 31.8. The van der Waals surface area contributed by atoms with Crippen LogP contribution in [0.2, 0.25) is 0 Å². The highest BCUT2D eigenvalue weighted by atomic mass is 15.0. The maximum absolute atomic E-state index is 2.68. The third-order valence-corrected chi connectivity index (χ3v) is 15.8. The zero-order valence-electron chi connectivity index (χ0n) is 36.3. The van der Waals surface area contributed by atoms with Gasteiger partial charge in [0.05, 0.1) is 22.2 Å². The Kier molecular flexibility index (Phi) is 8.18. The molecule has 0 spiro atoms. The molecule has 0 fully saturated rings. The Hall–Kier alpha value is -6.90. The van der Waals surface area contributed by atoms with Gasteiger partial charge in [-0.3, -0.25) is 0 Å². The van der Waals surface area contributed by atoms with E-state index in [-0.39, 0.29) is 0 Å². The van der Waals surface area contributed by atoms with E-state index in [1.807, 2.05) is 0 Å². The molecule has 64 heavy (non-hydrogen) atoms. The topological polar surface area (TPSA) is 9.86 Å². The summed E-state index contributed by atoms with van der Waals surface area (Å²) in [7, 11) is 0. The van der Waals surface area contributed by atoms with Crippen molar-refractivity contribution in [2.45, 2.75) is 70.1 Å². The summed E-state index contributed by atoms with van der Waals surface area (Å²) in [6.07, 6.45) is 28.8. The van der Waals surface area contributed by atoms with Gasteiger partial charge in [0.2, 0.25) is 0 Å². The lowest BCUT2D eigenvalue weighted by atomic mass is 9.60. The van der Waals surface area contributed by atoms with E-state index in [2.05, 4.69) is 179 Å². The highest BCUT2D eigenvalue weighted by molar-refractivity contribution is 6.11. The van der Waals surface area contributed by atoms with Crippen LogP contribution in [0.5, 0.6) is 0 Å². The molecule has 2 aromatic heterocycles. The first kappa shape index (κ1) is 36.6. The van der Waals surface area contributed by atoms with Crippen LogP contribution in [0.1, 0.15) is 96.4 Å². The fourth-order valence-electron chi connectivity index (χ4n) is 13.0. The van der Waals surface area contributed by atoms with Crippen molar-refractivity contribution >= 4 is 50.4 Å². The molecule has 308 valence electrons. The number of allylic oxidation sites excluding steroid dienone is 9. The molecule has 6 aromatic carbocycles. The molecule has 2 atom stereocenters. The van der Waals surface area contributed by atoms with E-state index >= 15 is 0 Å². The van der Waals surface area contributed by atoms with Crippen LogP contribution in [0.15, 0.2) is 180 Å². The zero-order valence-corrected chi connectivity index (χ0v) is 36.3. The fraction of sp³-hybridized carbons (Fsp3) is 0.194. The van der Waals surface area contributed by atoms with Gasteiger partial charge in [-0.05, 0) is 163 Å². The maximum atomic E-state index is 2.68. The van der Waals surface area contributed by atoms with Crippen molar-refractivity contribution in [1.29, 1.82) is 0 Å². The van der Waals surface area contributed by atoms with Gasteiger partial charge in [-0.1, -0.05) is 133 Å². The summed E-state index contributed by atoms with van der Waals surface area (Å²) in [6, 6.07) is 49.0. The second-order valence-corrected chi connectivity index (χ2v) is 19.1. The van der Waals surface area contributed by atoms with Gasteiger partial charge in [-0.25, -0.2) is 0 Å². The van der Waals surface area contributed by atoms with Crippen LogP contribution in [-0.4, -0.2) is 9.13 Å². The Morgan fingerprint density at radius 2 is 1.20 bits per heavy atom. The minimum Gasteiger partial charge on any atom is -0.313 e. The average Bonchev–Trinajstić information content (AvgIpc) is 3.88. The van der Waals surface area contributed by atoms with Gasteiger partial charge in [0.25, 0.3) is 0 Å². The molecule has 14 rings (SSSR count). The minimum atomic E-state index is 0.439. The third kappa shape index (κ3) is 5.38. The van der Waals surface area contributed by atoms with Crippen LogP contribution >= 0.6 is 0 Å². The van der Waals surface area contributed by atoms with E-state index < -0.39 is 0 Å². The lowest BCUT2D eigenvalue weighted by Gasteiger charge is -2.44. The molecule has 0 amide bonds. The van der Waals surface area contributed by atoms with E-state index in [4.69, 9.17) is 0 Å². The molecule has 0 N–H and O–H groups in total. The third-order valence-electron chi connectivity index (χ3n) is 15.8. The molecular weight excluding hydrogens is 773 g/mol. The quantitative estimate of drug-likeness (QED) is 0.167. The maximum Gasteiger partial charge on any atom is 0.0541 e. The van der Waals surface area contributed by atoms with Crippen LogP contribution in [0.4, 0.5) is 0 Å². The van der Waals surface area contributed by atoms with Crippen molar-refractivity contribution in [1.82, 2.24) is 9.13 Å². The van der Waals surface area contributed by atoms with Gasteiger partial charge in [-0.15, -0.1) is 0 Å². The molecule has 2 heteroatoms. The number of para-hydroxylation sites is 1. The number of nitrogens with zero attached hydrogens (tertiary/aromatic N) is 2. The van der Waals surface area contributed by atoms with Crippen molar-refractivity contribution in [3.8, 4) is 22.5 Å². The average molecular weight is 823 g/mol. The summed E-state index contributed by atoms with van der Waals surface area (Å²) >= 11 is 0. The Balaban J connectivity index is 0.858. The first-order valence-corrected chi connectivity index (χ1v) is 24.0. The molecule has 8 aromatic rings. The SMILES string of the molecule is C1=CC2=C(CC1)C1C=C(c3ccc(-n4c5c(c6cc(-c7ccc8c(c7)c7ccccc7n8-c7cccc8c7C=CCC8)ccc64)C=CCC5)cc3)c3ccccc3C1C1=C2CCCC1. The van der Waals surface area contributed by atoms with Crippen molar-refractivity contribution in [2.24, 2.45) is 5.92 Å². The van der Waals surface area contributed by atoms with Gasteiger partial charge in [-0.2, -0.15) is 0 Å². The second-order valence-electron chi connectivity index (χ2n) is 19.1. The summed E-state index contributed by atoms with van der Waals surface area (Å²) in [4.78, 5) is 0. The molecule has 0 radical (unpaired) electrons. The number of rotatable bonds is 4. The minimum absolute atomic E-state index is 0.439. The van der Waals surface area contributed by atoms with Crippen LogP contribution in [0.25, 0.3) is 72.9 Å². The van der Waals surface area contributed by atoms with Crippen molar-refractivity contribution < 1.29 is 0 Å². The fourth-order valence-corrected chi connectivity index (χ4v) is 13.0. The second kappa shape index (κ2) is 14.3. The van der Waals surface area contributed by atoms with E-state index in [0.29, 0.717) is 11.8 Å². The normalized spacial score (nSPS) is 19.7. The predicted octanol–water partition coefficient (Wildman–Crippen LogP) is 16.0. The molecule has 0 saturated heterocycles. The molecule has 0 aliphatic heterocycles. The van der Waals surface area contributed by atoms with E-state index in [9.17, 15) is 0 Å². The van der Waals surface area contributed by atoms with Crippen LogP contribution < -0.4 is 0 Å². The van der Waals surface area contributed by atoms with Crippen molar-refractivity contribution in [3.63, 3.8) is 0 Å². The van der Waals surface area contributed by atoms with E-state index in [1.165, 1.54) is 132 Å². The Labute approximate surface area is 375 Å². The Bertz CT molecular complexity index is 3490. The molecule has 0 bridgehead atoms. The first-order valence-electron chi connectivity index (χ1n) is 24.0. The monoisotopic (exact) mass is 822 g/mol. The molecular formula is C62H50N2. The molecule has 6 aliphatic carbocycles. The smallest absolute Gasteiger partial charge is 0.0541 e. The van der Waals surface area contributed by atoms with Crippen LogP contribution in [0.3, 0.4) is 0 Å². The summed E-state index contributed by atoms with van der Waals surface area (Å²) in [5, 5.41) is 3.91. The molecule has 2 unspecified atom stereocenters. The molecule has 2 nitrogen and oxygen atoms in total. The predicted molar refractivity (Wildman–Crippen MR) is 268 cm³/mol. The van der Waals surface area contributed by atoms with Crippen LogP contribution in [-0.2, 0) is 12.8 Å². The van der Waals surface area contributed by atoms with Gasteiger partial charge in [0.15, 0.2) is 0 Å². The van der Waals surface area contributed by atoms with Crippen molar-refractivity contribution in [2.75, 3.05) is 0 Å². The van der Waals surface area contributed by atoms with Gasteiger partial charge in [0, 0.05) is 50.5 Å². The number of benzene rings is 6. The highest BCUT2D eigenvalue weighted by Crippen LogP contribution is 2.56. The van der Waals surface area contributed by atoms with Gasteiger partial charge >= 0.3 is 0 Å². The number of hydrogen-bond donors (Lipinski definition) is 0. The Morgan fingerprint density at radius 3 is 2.11 bits per heavy atom. The summed E-state index contributed by atoms with van der Waals surface area (Å²) in [6.45, 7) is 0. The van der Waals surface area contributed by atoms with Gasteiger partial charge < -0.3 is 9.13 Å². The zero-order chi connectivity index (χ0) is 41.9. The lowest BCUT2D eigenvalue weighted by Crippen LogP contribution is -2.28. The highest BCUT2D eigenvalue weighted by Gasteiger charge is 2.41. The molecule has 0 saturated carbocycles. The number of fused-ring (bicyclic) bond motifs is 13. The van der Waals surface area contributed by atoms with E-state index in [0.717, 1.165) is 32.1 Å². The Morgan fingerprint density at radius 1 is 0.484 bits per heavy atom. The standard InChI is InChI=1S/C62H50N2/c1-2-16-44-39(14-1)15-13-27-57(44)64-59-26-12-10-22-50(59)55-37-42(31-35-61(55)64)41-30-34-60-54(36-41)49-21-9-11-25-58(49)63(60)43-32-28-40(29-33-43)53-38-56-47-19-4-3-17-45(47)46-18-5-7-23-51(46)62(56)52-24-8-6-20-48(52)53/h2-3,6,8-10,12-13,15-17,20-22,24,26-38,56,62H,1,4-5,7,11,14,18-19,23,25H2. The largest absolute Gasteiger partial charge is 0.313 e. The number of aryl methyl sites for hydroxylation is 1. The van der Waals surface area contributed by atoms with Crippen molar-refractivity contribution in [3.05, 3.63) is 219 Å². The molecule has 2 heterocycles. The van der Waals surface area contributed by atoms with E-state index in [1.54, 1.807) is 22.3 Å².